The Morgan fingerprint density at radius 1 is 1.31 bits per heavy atom. The molecule has 1 fully saturated rings. The smallest absolute Gasteiger partial charge is 0.126 e. The van der Waals surface area contributed by atoms with E-state index in [0.29, 0.717) is 11.8 Å². The van der Waals surface area contributed by atoms with E-state index in [0.717, 1.165) is 12.1 Å². The molecule has 1 aromatic rings. The Morgan fingerprint density at radius 3 is 2.75 bits per heavy atom. The number of nitrogens with two attached hydrogens (primary N) is 1. The van der Waals surface area contributed by atoms with Gasteiger partial charge in [0.15, 0.2) is 0 Å². The molecule has 88 valence electrons. The van der Waals surface area contributed by atoms with Gasteiger partial charge in [0.05, 0.1) is 0 Å². The second kappa shape index (κ2) is 4.96. The van der Waals surface area contributed by atoms with Gasteiger partial charge in [-0.1, -0.05) is 25.0 Å². The van der Waals surface area contributed by atoms with Gasteiger partial charge in [-0.15, -0.1) is 0 Å². The molecule has 1 aliphatic rings. The molecule has 0 spiro atoms. The summed E-state index contributed by atoms with van der Waals surface area (Å²) < 4.78 is 13.2. The van der Waals surface area contributed by atoms with E-state index in [1.807, 2.05) is 19.1 Å². The standard InChI is InChI=1S/C14H20FN/c1-10-8-11(6-7-14(10)15)13-5-3-2-4-12(13)9-16/h6-8,12-13H,2-5,9,16H2,1H3. The number of rotatable bonds is 2. The first-order chi connectivity index (χ1) is 7.72. The molecule has 2 N–H and O–H groups in total. The van der Waals surface area contributed by atoms with E-state index in [-0.39, 0.29) is 5.82 Å². The molecule has 0 aromatic heterocycles. The third kappa shape index (κ3) is 2.27. The maximum absolute atomic E-state index is 13.2. The Hall–Kier alpha value is -0.890. The van der Waals surface area contributed by atoms with Crippen LogP contribution in [0.2, 0.25) is 0 Å². The summed E-state index contributed by atoms with van der Waals surface area (Å²) >= 11 is 0. The zero-order chi connectivity index (χ0) is 11.5. The minimum atomic E-state index is -0.108. The molecule has 1 aromatic carbocycles. The highest BCUT2D eigenvalue weighted by Crippen LogP contribution is 2.37. The lowest BCUT2D eigenvalue weighted by atomic mass is 9.75. The summed E-state index contributed by atoms with van der Waals surface area (Å²) in [5, 5.41) is 0. The topological polar surface area (TPSA) is 26.0 Å². The first-order valence-electron chi connectivity index (χ1n) is 6.18. The number of aryl methyl sites for hydroxylation is 1. The molecule has 2 heteroatoms. The fourth-order valence-electron chi connectivity index (χ4n) is 2.83. The molecule has 0 saturated heterocycles. The molecule has 0 radical (unpaired) electrons. The summed E-state index contributed by atoms with van der Waals surface area (Å²) in [5.41, 5.74) is 7.85. The molecule has 2 rings (SSSR count). The van der Waals surface area contributed by atoms with Crippen molar-refractivity contribution < 1.29 is 4.39 Å². The molecule has 2 atom stereocenters. The highest BCUT2D eigenvalue weighted by molar-refractivity contribution is 5.27. The lowest BCUT2D eigenvalue weighted by Crippen LogP contribution is -2.25. The van der Waals surface area contributed by atoms with Crippen molar-refractivity contribution in [3.8, 4) is 0 Å². The second-order valence-corrected chi connectivity index (χ2v) is 4.90. The van der Waals surface area contributed by atoms with Crippen LogP contribution in [0.1, 0.15) is 42.7 Å². The van der Waals surface area contributed by atoms with Crippen LogP contribution in [0.3, 0.4) is 0 Å². The van der Waals surface area contributed by atoms with Gasteiger partial charge in [-0.3, -0.25) is 0 Å². The van der Waals surface area contributed by atoms with Gasteiger partial charge in [0, 0.05) is 0 Å². The molecular weight excluding hydrogens is 201 g/mol. The highest BCUT2D eigenvalue weighted by atomic mass is 19.1. The largest absolute Gasteiger partial charge is 0.330 e. The summed E-state index contributed by atoms with van der Waals surface area (Å²) in [6.45, 7) is 2.58. The van der Waals surface area contributed by atoms with Gasteiger partial charge in [-0.05, 0) is 55.3 Å². The zero-order valence-electron chi connectivity index (χ0n) is 9.88. The first-order valence-corrected chi connectivity index (χ1v) is 6.18. The van der Waals surface area contributed by atoms with Crippen LogP contribution in [0.25, 0.3) is 0 Å². The predicted octanol–water partition coefficient (Wildman–Crippen LogP) is 3.37. The van der Waals surface area contributed by atoms with E-state index < -0.39 is 0 Å². The van der Waals surface area contributed by atoms with Crippen molar-refractivity contribution in [1.82, 2.24) is 0 Å². The lowest BCUT2D eigenvalue weighted by Gasteiger charge is -2.31. The Morgan fingerprint density at radius 2 is 2.06 bits per heavy atom. The number of hydrogen-bond acceptors (Lipinski definition) is 1. The van der Waals surface area contributed by atoms with Crippen molar-refractivity contribution in [3.05, 3.63) is 35.1 Å². The zero-order valence-corrected chi connectivity index (χ0v) is 9.88. The molecule has 0 bridgehead atoms. The average Bonchev–Trinajstić information content (AvgIpc) is 2.32. The summed E-state index contributed by atoms with van der Waals surface area (Å²) in [6, 6.07) is 5.52. The molecular formula is C14H20FN. The van der Waals surface area contributed by atoms with E-state index >= 15 is 0 Å². The molecule has 0 aliphatic heterocycles. The maximum Gasteiger partial charge on any atom is 0.126 e. The minimum Gasteiger partial charge on any atom is -0.330 e. The van der Waals surface area contributed by atoms with Gasteiger partial charge in [-0.25, -0.2) is 4.39 Å². The maximum atomic E-state index is 13.2. The summed E-state index contributed by atoms with van der Waals surface area (Å²) in [4.78, 5) is 0. The van der Waals surface area contributed by atoms with E-state index in [1.54, 1.807) is 6.07 Å². The van der Waals surface area contributed by atoms with Crippen LogP contribution < -0.4 is 5.73 Å². The Balaban J connectivity index is 2.23. The first kappa shape index (κ1) is 11.6. The van der Waals surface area contributed by atoms with Crippen molar-refractivity contribution >= 4 is 0 Å². The SMILES string of the molecule is Cc1cc(C2CCCCC2CN)ccc1F. The average molecular weight is 221 g/mol. The van der Waals surface area contributed by atoms with E-state index in [2.05, 4.69) is 0 Å². The van der Waals surface area contributed by atoms with Gasteiger partial charge in [0.1, 0.15) is 5.82 Å². The molecule has 2 unspecified atom stereocenters. The second-order valence-electron chi connectivity index (χ2n) is 4.90. The molecule has 0 amide bonds. The van der Waals surface area contributed by atoms with Gasteiger partial charge in [0.2, 0.25) is 0 Å². The van der Waals surface area contributed by atoms with Crippen molar-refractivity contribution in [3.63, 3.8) is 0 Å². The molecule has 0 heterocycles. The van der Waals surface area contributed by atoms with Crippen LogP contribution in [0, 0.1) is 18.7 Å². The van der Waals surface area contributed by atoms with Crippen molar-refractivity contribution in [2.45, 2.75) is 38.5 Å². The molecule has 16 heavy (non-hydrogen) atoms. The van der Waals surface area contributed by atoms with Gasteiger partial charge in [-0.2, -0.15) is 0 Å². The number of halogens is 1. The van der Waals surface area contributed by atoms with E-state index in [1.165, 1.54) is 31.2 Å². The monoisotopic (exact) mass is 221 g/mol. The Bertz CT molecular complexity index is 362. The van der Waals surface area contributed by atoms with Gasteiger partial charge >= 0.3 is 0 Å². The van der Waals surface area contributed by atoms with Crippen molar-refractivity contribution in [2.75, 3.05) is 6.54 Å². The molecule has 1 aliphatic carbocycles. The van der Waals surface area contributed by atoms with Crippen molar-refractivity contribution in [2.24, 2.45) is 11.7 Å². The fourth-order valence-corrected chi connectivity index (χ4v) is 2.83. The quantitative estimate of drug-likeness (QED) is 0.814. The summed E-state index contributed by atoms with van der Waals surface area (Å²) in [5.74, 6) is 1.01. The molecule has 1 nitrogen and oxygen atoms in total. The van der Waals surface area contributed by atoms with Gasteiger partial charge in [0.25, 0.3) is 0 Å². The summed E-state index contributed by atoms with van der Waals surface area (Å²) in [7, 11) is 0. The van der Waals surface area contributed by atoms with Crippen LogP contribution in [0.4, 0.5) is 4.39 Å². The fraction of sp³-hybridized carbons (Fsp3) is 0.571. The van der Waals surface area contributed by atoms with Crippen LogP contribution in [0.5, 0.6) is 0 Å². The predicted molar refractivity (Wildman–Crippen MR) is 64.9 cm³/mol. The normalized spacial score (nSPS) is 25.7. The van der Waals surface area contributed by atoms with Crippen LogP contribution in [0.15, 0.2) is 18.2 Å². The van der Waals surface area contributed by atoms with Crippen molar-refractivity contribution in [1.29, 1.82) is 0 Å². The van der Waals surface area contributed by atoms with Gasteiger partial charge < -0.3 is 5.73 Å². The molecule has 1 saturated carbocycles. The van der Waals surface area contributed by atoms with E-state index in [9.17, 15) is 4.39 Å². The van der Waals surface area contributed by atoms with Crippen LogP contribution >= 0.6 is 0 Å². The van der Waals surface area contributed by atoms with Crippen LogP contribution in [-0.4, -0.2) is 6.54 Å². The third-order valence-electron chi connectivity index (χ3n) is 3.82. The van der Waals surface area contributed by atoms with Crippen LogP contribution in [-0.2, 0) is 0 Å². The van der Waals surface area contributed by atoms with E-state index in [4.69, 9.17) is 5.73 Å². The third-order valence-corrected chi connectivity index (χ3v) is 3.82. The number of benzene rings is 1. The summed E-state index contributed by atoms with van der Waals surface area (Å²) in [6.07, 6.45) is 4.99. The number of hydrogen-bond donors (Lipinski definition) is 1. The lowest BCUT2D eigenvalue weighted by molar-refractivity contribution is 0.314. The Kier molecular flexibility index (Phi) is 3.59. The minimum absolute atomic E-state index is 0.108. The highest BCUT2D eigenvalue weighted by Gasteiger charge is 2.25. The Labute approximate surface area is 96.9 Å².